The molecule has 0 unspecified atom stereocenters. The number of anilines is 2. The first-order chi connectivity index (χ1) is 16.9. The van der Waals surface area contributed by atoms with Gasteiger partial charge < -0.3 is 24.8 Å². The molecule has 35 heavy (non-hydrogen) atoms. The lowest BCUT2D eigenvalue weighted by molar-refractivity contribution is -0.111. The molecule has 0 fully saturated rings. The van der Waals surface area contributed by atoms with Crippen LogP contribution in [0.5, 0.6) is 17.2 Å². The summed E-state index contributed by atoms with van der Waals surface area (Å²) in [5.41, 5.74) is 2.21. The van der Waals surface area contributed by atoms with Crippen LogP contribution in [0.25, 0.3) is 6.08 Å². The quantitative estimate of drug-likeness (QED) is 0.399. The Labute approximate surface area is 204 Å². The molecule has 2 amide bonds. The molecule has 2 N–H and O–H groups in total. The van der Waals surface area contributed by atoms with Gasteiger partial charge in [-0.1, -0.05) is 19.9 Å². The third kappa shape index (κ3) is 7.33. The fraction of sp³-hybridized carbons (Fsp3) is 0.222. The highest BCUT2D eigenvalue weighted by molar-refractivity contribution is 6.05. The van der Waals surface area contributed by atoms with Crippen molar-refractivity contribution >= 4 is 29.3 Å². The molecular weight excluding hydrogens is 446 g/mol. The molecule has 0 saturated heterocycles. The average Bonchev–Trinajstić information content (AvgIpc) is 2.87. The van der Waals surface area contributed by atoms with Gasteiger partial charge in [-0.05, 0) is 54.0 Å². The zero-order valence-electron chi connectivity index (χ0n) is 20.2. The molecule has 0 bridgehead atoms. The lowest BCUT2D eigenvalue weighted by Gasteiger charge is -2.13. The predicted octanol–water partition coefficient (Wildman–Crippen LogP) is 5.04. The summed E-state index contributed by atoms with van der Waals surface area (Å²) in [6.45, 7) is 4.73. The van der Waals surface area contributed by atoms with Gasteiger partial charge in [0.25, 0.3) is 5.91 Å². The minimum absolute atomic E-state index is 0.313. The number of carbonyl (C=O) groups is 2. The number of aromatic nitrogens is 1. The van der Waals surface area contributed by atoms with Gasteiger partial charge in [-0.2, -0.15) is 0 Å². The summed E-state index contributed by atoms with van der Waals surface area (Å²) in [4.78, 5) is 28.8. The number of nitrogens with zero attached hydrogens (tertiary/aromatic N) is 1. The van der Waals surface area contributed by atoms with Crippen molar-refractivity contribution < 1.29 is 23.8 Å². The molecule has 8 heteroatoms. The SMILES string of the molecule is COc1cc(NC(=O)/C=C/c2ccc(OCC(C)C)c(OC)c2)ccc1NC(=O)c1cccnc1. The first kappa shape index (κ1) is 25.3. The van der Waals surface area contributed by atoms with E-state index in [9.17, 15) is 9.59 Å². The van der Waals surface area contributed by atoms with Gasteiger partial charge in [0.05, 0.1) is 32.1 Å². The van der Waals surface area contributed by atoms with Crippen molar-refractivity contribution in [2.45, 2.75) is 13.8 Å². The smallest absolute Gasteiger partial charge is 0.257 e. The molecule has 8 nitrogen and oxygen atoms in total. The Morgan fingerprint density at radius 1 is 0.971 bits per heavy atom. The fourth-order valence-electron chi connectivity index (χ4n) is 3.08. The molecule has 3 aromatic rings. The molecule has 0 radical (unpaired) electrons. The summed E-state index contributed by atoms with van der Waals surface area (Å²) in [6.07, 6.45) is 6.18. The van der Waals surface area contributed by atoms with Crippen molar-refractivity contribution in [1.29, 1.82) is 0 Å². The van der Waals surface area contributed by atoms with Gasteiger partial charge in [0.2, 0.25) is 5.91 Å². The number of amides is 2. The van der Waals surface area contributed by atoms with E-state index >= 15 is 0 Å². The summed E-state index contributed by atoms with van der Waals surface area (Å²) in [5.74, 6) is 1.43. The number of methoxy groups -OCH3 is 2. The van der Waals surface area contributed by atoms with E-state index in [-0.39, 0.29) is 11.8 Å². The first-order valence-corrected chi connectivity index (χ1v) is 11.1. The van der Waals surface area contributed by atoms with E-state index < -0.39 is 0 Å². The van der Waals surface area contributed by atoms with Crippen molar-refractivity contribution in [3.8, 4) is 17.2 Å². The van der Waals surface area contributed by atoms with Gasteiger partial charge in [-0.3, -0.25) is 14.6 Å². The largest absolute Gasteiger partial charge is 0.494 e. The van der Waals surface area contributed by atoms with E-state index in [1.54, 1.807) is 49.7 Å². The van der Waals surface area contributed by atoms with Crippen LogP contribution >= 0.6 is 0 Å². The van der Waals surface area contributed by atoms with Crippen LogP contribution in [0.2, 0.25) is 0 Å². The Balaban J connectivity index is 1.65. The van der Waals surface area contributed by atoms with Gasteiger partial charge in [0, 0.05) is 30.2 Å². The second kappa shape index (κ2) is 12.2. The monoisotopic (exact) mass is 475 g/mol. The molecule has 1 heterocycles. The van der Waals surface area contributed by atoms with E-state index in [1.807, 2.05) is 18.2 Å². The minimum Gasteiger partial charge on any atom is -0.494 e. The zero-order valence-corrected chi connectivity index (χ0v) is 20.2. The van der Waals surface area contributed by atoms with E-state index in [0.717, 1.165) is 5.56 Å². The van der Waals surface area contributed by atoms with Crippen LogP contribution in [0.1, 0.15) is 29.8 Å². The molecule has 0 saturated carbocycles. The summed E-state index contributed by atoms with van der Waals surface area (Å²) >= 11 is 0. The molecule has 3 rings (SSSR count). The van der Waals surface area contributed by atoms with E-state index in [2.05, 4.69) is 29.5 Å². The van der Waals surface area contributed by atoms with Crippen molar-refractivity contribution in [1.82, 2.24) is 4.98 Å². The van der Waals surface area contributed by atoms with Gasteiger partial charge in [0.15, 0.2) is 11.5 Å². The Bertz CT molecular complexity index is 1190. The Hall–Kier alpha value is -4.33. The van der Waals surface area contributed by atoms with Gasteiger partial charge in [-0.15, -0.1) is 0 Å². The number of hydrogen-bond acceptors (Lipinski definition) is 6. The number of hydrogen-bond donors (Lipinski definition) is 2. The van der Waals surface area contributed by atoms with Crippen LogP contribution in [0.15, 0.2) is 67.0 Å². The Morgan fingerprint density at radius 3 is 2.46 bits per heavy atom. The van der Waals surface area contributed by atoms with Crippen LogP contribution < -0.4 is 24.8 Å². The van der Waals surface area contributed by atoms with E-state index in [4.69, 9.17) is 14.2 Å². The van der Waals surface area contributed by atoms with Crippen molar-refractivity contribution in [2.75, 3.05) is 31.5 Å². The second-order valence-electron chi connectivity index (χ2n) is 8.05. The standard InChI is InChI=1S/C27H29N3O5/c1-18(2)17-35-23-11-7-19(14-25(23)34-4)8-12-26(31)29-21-9-10-22(24(15-21)33-3)30-27(32)20-6-5-13-28-16-20/h5-16,18H,17H2,1-4H3,(H,29,31)(H,30,32)/b12-8+. The highest BCUT2D eigenvalue weighted by Crippen LogP contribution is 2.30. The van der Waals surface area contributed by atoms with Crippen LogP contribution in [-0.2, 0) is 4.79 Å². The van der Waals surface area contributed by atoms with Crippen LogP contribution in [0.4, 0.5) is 11.4 Å². The minimum atomic E-state index is -0.321. The lowest BCUT2D eigenvalue weighted by Crippen LogP contribution is -2.13. The van der Waals surface area contributed by atoms with Gasteiger partial charge in [0.1, 0.15) is 5.75 Å². The predicted molar refractivity (Wildman–Crippen MR) is 136 cm³/mol. The van der Waals surface area contributed by atoms with Gasteiger partial charge in [-0.25, -0.2) is 0 Å². The number of rotatable bonds is 10. The molecule has 0 aliphatic carbocycles. The molecular formula is C27H29N3O5. The molecule has 0 aliphatic rings. The summed E-state index contributed by atoms with van der Waals surface area (Å²) in [7, 11) is 3.07. The van der Waals surface area contributed by atoms with E-state index in [1.165, 1.54) is 19.4 Å². The van der Waals surface area contributed by atoms with Crippen molar-refractivity contribution in [3.63, 3.8) is 0 Å². The summed E-state index contributed by atoms with van der Waals surface area (Å²) < 4.78 is 16.5. The average molecular weight is 476 g/mol. The molecule has 0 atom stereocenters. The maximum Gasteiger partial charge on any atom is 0.257 e. The number of benzene rings is 2. The van der Waals surface area contributed by atoms with Gasteiger partial charge >= 0.3 is 0 Å². The Morgan fingerprint density at radius 2 is 1.77 bits per heavy atom. The third-order valence-corrected chi connectivity index (χ3v) is 4.83. The normalized spacial score (nSPS) is 10.8. The van der Waals surface area contributed by atoms with Crippen LogP contribution in [-0.4, -0.2) is 37.6 Å². The lowest BCUT2D eigenvalue weighted by atomic mass is 10.1. The van der Waals surface area contributed by atoms with Crippen LogP contribution in [0.3, 0.4) is 0 Å². The summed E-state index contributed by atoms with van der Waals surface area (Å²) in [6, 6.07) is 13.8. The molecule has 0 spiro atoms. The Kier molecular flexibility index (Phi) is 8.83. The number of carbonyl (C=O) groups excluding carboxylic acids is 2. The number of nitrogens with one attached hydrogen (secondary N) is 2. The maximum absolute atomic E-state index is 12.5. The maximum atomic E-state index is 12.5. The second-order valence-corrected chi connectivity index (χ2v) is 8.05. The van der Waals surface area contributed by atoms with Crippen molar-refractivity contribution in [3.05, 3.63) is 78.1 Å². The zero-order chi connectivity index (χ0) is 25.2. The number of ether oxygens (including phenoxy) is 3. The highest BCUT2D eigenvalue weighted by atomic mass is 16.5. The first-order valence-electron chi connectivity index (χ1n) is 11.1. The molecule has 2 aromatic carbocycles. The van der Waals surface area contributed by atoms with Crippen LogP contribution in [0, 0.1) is 5.92 Å². The molecule has 0 aliphatic heterocycles. The molecule has 1 aromatic heterocycles. The topological polar surface area (TPSA) is 98.8 Å². The fourth-order valence-corrected chi connectivity index (χ4v) is 3.08. The summed E-state index contributed by atoms with van der Waals surface area (Å²) in [5, 5.41) is 5.57. The highest BCUT2D eigenvalue weighted by Gasteiger charge is 2.11. The van der Waals surface area contributed by atoms with Crippen molar-refractivity contribution in [2.24, 2.45) is 5.92 Å². The molecule has 182 valence electrons. The number of pyridine rings is 1. The third-order valence-electron chi connectivity index (χ3n) is 4.83. The van der Waals surface area contributed by atoms with E-state index in [0.29, 0.717) is 46.7 Å².